The van der Waals surface area contributed by atoms with Crippen LogP contribution < -0.4 is 4.74 Å². The van der Waals surface area contributed by atoms with E-state index in [0.29, 0.717) is 25.6 Å². The van der Waals surface area contributed by atoms with Crippen molar-refractivity contribution in [1.29, 1.82) is 0 Å². The molecule has 0 saturated carbocycles. The first-order valence-electron chi connectivity index (χ1n) is 8.70. The summed E-state index contributed by atoms with van der Waals surface area (Å²) in [5.41, 5.74) is 0.943. The SMILES string of the molecule is CC1c2nnc(COc3ccccn3)n2CCN1C(=O)C1=CCCC1. The Morgan fingerprint density at radius 1 is 1.32 bits per heavy atom. The minimum atomic E-state index is -0.0844. The molecule has 7 heteroatoms. The Morgan fingerprint density at radius 2 is 2.24 bits per heavy atom. The van der Waals surface area contributed by atoms with Crippen molar-refractivity contribution in [3.05, 3.63) is 47.7 Å². The van der Waals surface area contributed by atoms with Crippen molar-refractivity contribution in [3.8, 4) is 5.88 Å². The van der Waals surface area contributed by atoms with Crippen molar-refractivity contribution in [1.82, 2.24) is 24.6 Å². The van der Waals surface area contributed by atoms with E-state index in [0.717, 1.165) is 36.5 Å². The van der Waals surface area contributed by atoms with Gasteiger partial charge in [0.1, 0.15) is 6.61 Å². The number of fused-ring (bicyclic) bond motifs is 1. The molecule has 130 valence electrons. The number of pyridine rings is 1. The van der Waals surface area contributed by atoms with E-state index in [1.807, 2.05) is 30.0 Å². The van der Waals surface area contributed by atoms with Crippen LogP contribution in [0.15, 0.2) is 36.0 Å². The molecular weight excluding hydrogens is 318 g/mol. The van der Waals surface area contributed by atoms with Crippen LogP contribution in [0.3, 0.4) is 0 Å². The smallest absolute Gasteiger partial charge is 0.250 e. The van der Waals surface area contributed by atoms with Crippen molar-refractivity contribution in [2.75, 3.05) is 6.54 Å². The van der Waals surface area contributed by atoms with Crippen LogP contribution in [0.1, 0.15) is 43.9 Å². The van der Waals surface area contributed by atoms with Crippen LogP contribution in [0.2, 0.25) is 0 Å². The summed E-state index contributed by atoms with van der Waals surface area (Å²) in [5.74, 6) is 2.29. The molecule has 1 amide bonds. The monoisotopic (exact) mass is 339 g/mol. The first kappa shape index (κ1) is 15.8. The number of ether oxygens (including phenoxy) is 1. The van der Waals surface area contributed by atoms with Gasteiger partial charge in [-0.25, -0.2) is 4.98 Å². The number of allylic oxidation sites excluding steroid dienone is 1. The highest BCUT2D eigenvalue weighted by Crippen LogP contribution is 2.28. The third-order valence-electron chi connectivity index (χ3n) is 4.83. The summed E-state index contributed by atoms with van der Waals surface area (Å²) in [6.07, 6.45) is 6.74. The fourth-order valence-corrected chi connectivity index (χ4v) is 3.45. The second-order valence-electron chi connectivity index (χ2n) is 6.38. The number of hydrogen-bond acceptors (Lipinski definition) is 5. The molecule has 1 aliphatic heterocycles. The summed E-state index contributed by atoms with van der Waals surface area (Å²) >= 11 is 0. The maximum atomic E-state index is 12.7. The number of carbonyl (C=O) groups is 1. The Hall–Kier alpha value is -2.70. The molecule has 4 rings (SSSR count). The Kier molecular flexibility index (Phi) is 4.21. The second-order valence-corrected chi connectivity index (χ2v) is 6.38. The zero-order valence-electron chi connectivity index (χ0n) is 14.3. The van der Waals surface area contributed by atoms with Gasteiger partial charge >= 0.3 is 0 Å². The molecule has 0 saturated heterocycles. The van der Waals surface area contributed by atoms with Gasteiger partial charge in [-0.3, -0.25) is 4.79 Å². The third-order valence-corrected chi connectivity index (χ3v) is 4.83. The number of hydrogen-bond donors (Lipinski definition) is 0. The largest absolute Gasteiger partial charge is 0.469 e. The molecule has 3 heterocycles. The number of nitrogens with zero attached hydrogens (tertiary/aromatic N) is 5. The standard InChI is InChI=1S/C18H21N5O2/c1-13-17-21-20-15(12-25-16-8-4-5-9-19-16)23(17)11-10-22(13)18(24)14-6-2-3-7-14/h4-6,8-9,13H,2-3,7,10-12H2,1H3. The summed E-state index contributed by atoms with van der Waals surface area (Å²) in [5, 5.41) is 8.57. The number of rotatable bonds is 4. The van der Waals surface area contributed by atoms with Crippen molar-refractivity contribution in [3.63, 3.8) is 0 Å². The van der Waals surface area contributed by atoms with Crippen molar-refractivity contribution in [2.45, 2.75) is 45.4 Å². The van der Waals surface area contributed by atoms with E-state index in [1.54, 1.807) is 6.20 Å². The number of carbonyl (C=O) groups excluding carboxylic acids is 1. The van der Waals surface area contributed by atoms with E-state index in [-0.39, 0.29) is 11.9 Å². The quantitative estimate of drug-likeness (QED) is 0.854. The van der Waals surface area contributed by atoms with Gasteiger partial charge in [-0.15, -0.1) is 10.2 Å². The molecule has 2 aromatic rings. The maximum Gasteiger partial charge on any atom is 0.250 e. The minimum Gasteiger partial charge on any atom is -0.469 e. The van der Waals surface area contributed by atoms with Crippen LogP contribution in [0, 0.1) is 0 Å². The lowest BCUT2D eigenvalue weighted by Crippen LogP contribution is -2.42. The fraction of sp³-hybridized carbons (Fsp3) is 0.444. The van der Waals surface area contributed by atoms with Gasteiger partial charge in [-0.1, -0.05) is 12.1 Å². The van der Waals surface area contributed by atoms with Crippen LogP contribution in [-0.4, -0.2) is 37.1 Å². The molecule has 0 spiro atoms. The highest BCUT2D eigenvalue weighted by molar-refractivity contribution is 5.94. The molecule has 0 fully saturated rings. The van der Waals surface area contributed by atoms with Gasteiger partial charge < -0.3 is 14.2 Å². The highest BCUT2D eigenvalue weighted by atomic mass is 16.5. The van der Waals surface area contributed by atoms with E-state index in [4.69, 9.17) is 4.74 Å². The van der Waals surface area contributed by atoms with E-state index >= 15 is 0 Å². The summed E-state index contributed by atoms with van der Waals surface area (Å²) in [7, 11) is 0. The van der Waals surface area contributed by atoms with Gasteiger partial charge in [0, 0.05) is 30.9 Å². The Balaban J connectivity index is 1.48. The van der Waals surface area contributed by atoms with Crippen molar-refractivity contribution >= 4 is 5.91 Å². The molecule has 0 N–H and O–H groups in total. The van der Waals surface area contributed by atoms with E-state index < -0.39 is 0 Å². The predicted octanol–water partition coefficient (Wildman–Crippen LogP) is 2.27. The van der Waals surface area contributed by atoms with Crippen LogP contribution >= 0.6 is 0 Å². The molecule has 1 aliphatic carbocycles. The van der Waals surface area contributed by atoms with Gasteiger partial charge in [-0.05, 0) is 32.3 Å². The maximum absolute atomic E-state index is 12.7. The zero-order chi connectivity index (χ0) is 17.2. The fourth-order valence-electron chi connectivity index (χ4n) is 3.45. The molecular formula is C18H21N5O2. The second kappa shape index (κ2) is 6.66. The van der Waals surface area contributed by atoms with Gasteiger partial charge in [-0.2, -0.15) is 0 Å². The Labute approximate surface area is 146 Å². The first-order valence-corrected chi connectivity index (χ1v) is 8.70. The molecule has 1 unspecified atom stereocenters. The lowest BCUT2D eigenvalue weighted by atomic mass is 10.1. The van der Waals surface area contributed by atoms with E-state index in [1.165, 1.54) is 0 Å². The molecule has 0 radical (unpaired) electrons. The van der Waals surface area contributed by atoms with Crippen molar-refractivity contribution < 1.29 is 9.53 Å². The molecule has 7 nitrogen and oxygen atoms in total. The molecule has 2 aromatic heterocycles. The Bertz CT molecular complexity index is 799. The van der Waals surface area contributed by atoms with Crippen LogP contribution in [0.4, 0.5) is 0 Å². The first-order chi connectivity index (χ1) is 12.2. The van der Waals surface area contributed by atoms with Crippen LogP contribution in [0.5, 0.6) is 5.88 Å². The molecule has 0 aromatic carbocycles. The number of aromatic nitrogens is 4. The normalized spacial score (nSPS) is 19.5. The summed E-state index contributed by atoms with van der Waals surface area (Å²) in [6, 6.07) is 5.45. The lowest BCUT2D eigenvalue weighted by Gasteiger charge is -2.34. The van der Waals surface area contributed by atoms with E-state index in [9.17, 15) is 4.79 Å². The average molecular weight is 339 g/mol. The summed E-state index contributed by atoms with van der Waals surface area (Å²) in [6.45, 7) is 3.68. The molecule has 1 atom stereocenters. The van der Waals surface area contributed by atoms with Gasteiger partial charge in [0.2, 0.25) is 11.8 Å². The van der Waals surface area contributed by atoms with Gasteiger partial charge in [0.15, 0.2) is 11.6 Å². The predicted molar refractivity (Wildman–Crippen MR) is 90.7 cm³/mol. The van der Waals surface area contributed by atoms with Crippen LogP contribution in [0.25, 0.3) is 0 Å². The molecule has 25 heavy (non-hydrogen) atoms. The molecule has 2 aliphatic rings. The Morgan fingerprint density at radius 3 is 3.00 bits per heavy atom. The summed E-state index contributed by atoms with van der Waals surface area (Å²) < 4.78 is 7.74. The van der Waals surface area contributed by atoms with Gasteiger partial charge in [0.05, 0.1) is 6.04 Å². The van der Waals surface area contributed by atoms with E-state index in [2.05, 4.69) is 25.8 Å². The average Bonchev–Trinajstić information content (AvgIpc) is 3.31. The zero-order valence-corrected chi connectivity index (χ0v) is 14.3. The molecule has 0 bridgehead atoms. The summed E-state index contributed by atoms with van der Waals surface area (Å²) in [4.78, 5) is 18.8. The van der Waals surface area contributed by atoms with Crippen LogP contribution in [-0.2, 0) is 17.9 Å². The highest BCUT2D eigenvalue weighted by Gasteiger charge is 2.32. The lowest BCUT2D eigenvalue weighted by molar-refractivity contribution is -0.130. The topological polar surface area (TPSA) is 73.1 Å². The van der Waals surface area contributed by atoms with Crippen molar-refractivity contribution in [2.24, 2.45) is 0 Å². The van der Waals surface area contributed by atoms with Gasteiger partial charge in [0.25, 0.3) is 0 Å². The minimum absolute atomic E-state index is 0.0844. The number of amides is 1. The third kappa shape index (κ3) is 3.01.